The third kappa shape index (κ3) is 4.20. The van der Waals surface area contributed by atoms with E-state index in [1.54, 1.807) is 4.90 Å². The second kappa shape index (κ2) is 7.99. The quantitative estimate of drug-likeness (QED) is 0.805. The summed E-state index contributed by atoms with van der Waals surface area (Å²) in [4.78, 5) is 29.5. The molecule has 1 aliphatic heterocycles. The van der Waals surface area contributed by atoms with Crippen LogP contribution in [0, 0.1) is 0 Å². The van der Waals surface area contributed by atoms with E-state index in [1.165, 1.54) is 11.1 Å². The van der Waals surface area contributed by atoms with Crippen LogP contribution in [0.4, 0.5) is 11.4 Å². The Morgan fingerprint density at radius 3 is 2.45 bits per heavy atom. The van der Waals surface area contributed by atoms with E-state index in [0.29, 0.717) is 17.6 Å². The highest BCUT2D eigenvalue weighted by Crippen LogP contribution is 2.33. The number of fused-ring (bicyclic) bond motifs is 1. The molecule has 152 valence electrons. The first-order valence-electron chi connectivity index (χ1n) is 10.5. The molecule has 4 rings (SSSR count). The molecule has 2 amide bonds. The summed E-state index contributed by atoms with van der Waals surface area (Å²) in [7, 11) is 0. The van der Waals surface area contributed by atoms with Gasteiger partial charge < -0.3 is 5.32 Å². The molecule has 5 heteroatoms. The second-order valence-electron chi connectivity index (χ2n) is 8.47. The molecule has 1 N–H and O–H groups in total. The lowest BCUT2D eigenvalue weighted by Crippen LogP contribution is -2.51. The number of anilines is 2. The standard InChI is InChI=1S/C24H29N3O2/c1-16(2)19-10-8-18(9-11-19)14-26(20-12-13-20)17(3)24(29)27-15-23(28)25-21-6-4-5-7-22(21)27/h4-11,16-17,20H,12-15H2,1-3H3,(H,25,28)/t17-/m1/s1. The normalized spacial score (nSPS) is 17.3. The fourth-order valence-electron chi connectivity index (χ4n) is 4.00. The van der Waals surface area contributed by atoms with Gasteiger partial charge in [0.05, 0.1) is 17.4 Å². The van der Waals surface area contributed by atoms with Gasteiger partial charge in [0.15, 0.2) is 0 Å². The zero-order valence-electron chi connectivity index (χ0n) is 17.4. The lowest BCUT2D eigenvalue weighted by Gasteiger charge is -2.35. The molecule has 0 unspecified atom stereocenters. The van der Waals surface area contributed by atoms with Crippen molar-refractivity contribution < 1.29 is 9.59 Å². The van der Waals surface area contributed by atoms with E-state index in [2.05, 4.69) is 48.3 Å². The third-order valence-corrected chi connectivity index (χ3v) is 5.92. The number of nitrogens with zero attached hydrogens (tertiary/aromatic N) is 2. The molecule has 1 fully saturated rings. The van der Waals surface area contributed by atoms with E-state index in [9.17, 15) is 9.59 Å². The fourth-order valence-corrected chi connectivity index (χ4v) is 4.00. The Bertz CT molecular complexity index is 903. The summed E-state index contributed by atoms with van der Waals surface area (Å²) in [6, 6.07) is 16.4. The monoisotopic (exact) mass is 391 g/mol. The van der Waals surface area contributed by atoms with Gasteiger partial charge in [0, 0.05) is 12.6 Å². The van der Waals surface area contributed by atoms with Crippen molar-refractivity contribution >= 4 is 23.2 Å². The summed E-state index contributed by atoms with van der Waals surface area (Å²) in [6.45, 7) is 7.18. The maximum atomic E-state index is 13.4. The minimum Gasteiger partial charge on any atom is -0.323 e. The van der Waals surface area contributed by atoms with Crippen LogP contribution in [0.1, 0.15) is 50.7 Å². The SMILES string of the molecule is CC(C)c1ccc(CN(C2CC2)[C@H](C)C(=O)N2CC(=O)Nc3ccccc32)cc1. The third-order valence-electron chi connectivity index (χ3n) is 5.92. The molecule has 1 atom stereocenters. The Morgan fingerprint density at radius 2 is 1.79 bits per heavy atom. The number of nitrogens with one attached hydrogen (secondary N) is 1. The van der Waals surface area contributed by atoms with Crippen LogP contribution >= 0.6 is 0 Å². The molecule has 2 aliphatic rings. The number of hydrogen-bond donors (Lipinski definition) is 1. The predicted molar refractivity (Wildman–Crippen MR) is 116 cm³/mol. The molecule has 0 radical (unpaired) electrons. The van der Waals surface area contributed by atoms with E-state index in [1.807, 2.05) is 31.2 Å². The van der Waals surface area contributed by atoms with Crippen molar-refractivity contribution in [2.24, 2.45) is 0 Å². The van der Waals surface area contributed by atoms with E-state index < -0.39 is 0 Å². The maximum Gasteiger partial charge on any atom is 0.244 e. The number of amides is 2. The van der Waals surface area contributed by atoms with Crippen molar-refractivity contribution in [1.29, 1.82) is 0 Å². The first-order chi connectivity index (χ1) is 13.9. The average molecular weight is 392 g/mol. The average Bonchev–Trinajstić information content (AvgIpc) is 3.55. The van der Waals surface area contributed by atoms with Gasteiger partial charge >= 0.3 is 0 Å². The lowest BCUT2D eigenvalue weighted by molar-refractivity contribution is -0.125. The number of benzene rings is 2. The molecule has 29 heavy (non-hydrogen) atoms. The van der Waals surface area contributed by atoms with Gasteiger partial charge in [-0.1, -0.05) is 50.2 Å². The molecule has 0 saturated heterocycles. The number of hydrogen-bond acceptors (Lipinski definition) is 3. The van der Waals surface area contributed by atoms with Crippen molar-refractivity contribution in [2.75, 3.05) is 16.8 Å². The Morgan fingerprint density at radius 1 is 1.10 bits per heavy atom. The topological polar surface area (TPSA) is 52.7 Å². The van der Waals surface area contributed by atoms with Gasteiger partial charge in [-0.2, -0.15) is 0 Å². The summed E-state index contributed by atoms with van der Waals surface area (Å²) in [5.41, 5.74) is 4.03. The summed E-state index contributed by atoms with van der Waals surface area (Å²) >= 11 is 0. The van der Waals surface area contributed by atoms with Crippen LogP contribution in [0.15, 0.2) is 48.5 Å². The zero-order chi connectivity index (χ0) is 20.5. The number of carbonyl (C=O) groups is 2. The van der Waals surface area contributed by atoms with Crippen molar-refractivity contribution in [2.45, 2.75) is 58.2 Å². The number of carbonyl (C=O) groups excluding carboxylic acids is 2. The summed E-state index contributed by atoms with van der Waals surface area (Å²) in [6.07, 6.45) is 2.25. The largest absolute Gasteiger partial charge is 0.323 e. The van der Waals surface area contributed by atoms with E-state index in [4.69, 9.17) is 0 Å². The fraction of sp³-hybridized carbons (Fsp3) is 0.417. The summed E-state index contributed by atoms with van der Waals surface area (Å²) in [5, 5.41) is 2.86. The summed E-state index contributed by atoms with van der Waals surface area (Å²) in [5.74, 6) is 0.346. The maximum absolute atomic E-state index is 13.4. The minimum atomic E-state index is -0.286. The molecule has 2 aromatic carbocycles. The number of para-hydroxylation sites is 2. The van der Waals surface area contributed by atoms with Crippen molar-refractivity contribution in [1.82, 2.24) is 4.90 Å². The molecule has 5 nitrogen and oxygen atoms in total. The Balaban J connectivity index is 1.54. The molecule has 0 bridgehead atoms. The van der Waals surface area contributed by atoms with Gasteiger partial charge in [0.1, 0.15) is 6.54 Å². The zero-order valence-corrected chi connectivity index (χ0v) is 17.4. The first kappa shape index (κ1) is 19.6. The van der Waals surface area contributed by atoms with Gasteiger partial charge in [-0.25, -0.2) is 0 Å². The van der Waals surface area contributed by atoms with Crippen LogP contribution in [0.5, 0.6) is 0 Å². The molecular weight excluding hydrogens is 362 g/mol. The molecule has 0 spiro atoms. The minimum absolute atomic E-state index is 0.0157. The van der Waals surface area contributed by atoms with E-state index in [-0.39, 0.29) is 24.4 Å². The van der Waals surface area contributed by atoms with Gasteiger partial charge in [-0.05, 0) is 48.9 Å². The molecule has 1 heterocycles. The van der Waals surface area contributed by atoms with Gasteiger partial charge in [-0.15, -0.1) is 0 Å². The van der Waals surface area contributed by atoms with Crippen LogP contribution in [0.2, 0.25) is 0 Å². The van der Waals surface area contributed by atoms with Crippen LogP contribution < -0.4 is 10.2 Å². The van der Waals surface area contributed by atoms with Crippen molar-refractivity contribution in [3.8, 4) is 0 Å². The van der Waals surface area contributed by atoms with Crippen LogP contribution in [0.3, 0.4) is 0 Å². The van der Waals surface area contributed by atoms with Crippen LogP contribution in [-0.2, 0) is 16.1 Å². The van der Waals surface area contributed by atoms with Gasteiger partial charge in [0.25, 0.3) is 0 Å². The van der Waals surface area contributed by atoms with Gasteiger partial charge in [0.2, 0.25) is 11.8 Å². The molecule has 2 aromatic rings. The molecule has 1 saturated carbocycles. The Hall–Kier alpha value is -2.66. The number of rotatable bonds is 6. The first-order valence-corrected chi connectivity index (χ1v) is 10.5. The predicted octanol–water partition coefficient (Wildman–Crippen LogP) is 4.15. The molecule has 0 aromatic heterocycles. The van der Waals surface area contributed by atoms with Crippen LogP contribution in [-0.4, -0.2) is 35.3 Å². The second-order valence-corrected chi connectivity index (χ2v) is 8.47. The highest BCUT2D eigenvalue weighted by atomic mass is 16.2. The molecular formula is C24H29N3O2. The van der Waals surface area contributed by atoms with Crippen LogP contribution in [0.25, 0.3) is 0 Å². The lowest BCUT2D eigenvalue weighted by atomic mass is 10.0. The van der Waals surface area contributed by atoms with E-state index in [0.717, 1.165) is 25.1 Å². The highest BCUT2D eigenvalue weighted by molar-refractivity contribution is 6.11. The Labute approximate surface area is 172 Å². The van der Waals surface area contributed by atoms with Gasteiger partial charge in [-0.3, -0.25) is 19.4 Å². The van der Waals surface area contributed by atoms with Crippen molar-refractivity contribution in [3.63, 3.8) is 0 Å². The highest BCUT2D eigenvalue weighted by Gasteiger charge is 2.38. The molecule has 1 aliphatic carbocycles. The smallest absolute Gasteiger partial charge is 0.244 e. The van der Waals surface area contributed by atoms with E-state index >= 15 is 0 Å². The summed E-state index contributed by atoms with van der Waals surface area (Å²) < 4.78 is 0. The van der Waals surface area contributed by atoms with Crippen molar-refractivity contribution in [3.05, 3.63) is 59.7 Å². The Kier molecular flexibility index (Phi) is 5.41.